The number of pyridine rings is 1. The first kappa shape index (κ1) is 23.9. The maximum Gasteiger partial charge on any atom is 0.267 e. The molecule has 1 amide bonds. The number of aryl methyl sites for hydroxylation is 3. The second-order valence-electron chi connectivity index (χ2n) is 7.78. The third-order valence-electron chi connectivity index (χ3n) is 5.19. The largest absolute Gasteiger partial charge is 0.480 e. The SMILES string of the molecule is COc1ncc(NC(=O)c2cccc(-c3noc(C)n3)c2)cc1S(=O)(=O)Nc1c(C)cccc1C. The molecule has 0 bridgehead atoms. The molecular weight excluding hydrogens is 470 g/mol. The Morgan fingerprint density at radius 2 is 1.74 bits per heavy atom. The van der Waals surface area contributed by atoms with Gasteiger partial charge in [-0.05, 0) is 43.2 Å². The molecule has 10 nitrogen and oxygen atoms in total. The molecule has 11 heteroatoms. The molecule has 0 saturated heterocycles. The number of carbonyl (C=O) groups is 1. The van der Waals surface area contributed by atoms with Crippen molar-refractivity contribution in [3.63, 3.8) is 0 Å². The fraction of sp³-hybridized carbons (Fsp3) is 0.167. The third-order valence-corrected chi connectivity index (χ3v) is 6.53. The number of nitrogens with one attached hydrogen (secondary N) is 2. The number of carbonyl (C=O) groups excluding carboxylic acids is 1. The van der Waals surface area contributed by atoms with Gasteiger partial charge in [0.1, 0.15) is 0 Å². The average molecular weight is 494 g/mol. The van der Waals surface area contributed by atoms with Gasteiger partial charge >= 0.3 is 0 Å². The molecule has 2 N–H and O–H groups in total. The Balaban J connectivity index is 1.62. The number of aromatic nitrogens is 3. The fourth-order valence-corrected chi connectivity index (χ4v) is 4.78. The number of para-hydroxylation sites is 1. The van der Waals surface area contributed by atoms with Gasteiger partial charge in [-0.1, -0.05) is 35.5 Å². The molecule has 35 heavy (non-hydrogen) atoms. The van der Waals surface area contributed by atoms with Gasteiger partial charge in [-0.3, -0.25) is 9.52 Å². The van der Waals surface area contributed by atoms with E-state index in [0.29, 0.717) is 28.5 Å². The number of anilines is 2. The highest BCUT2D eigenvalue weighted by Crippen LogP contribution is 2.29. The van der Waals surface area contributed by atoms with Crippen LogP contribution < -0.4 is 14.8 Å². The minimum Gasteiger partial charge on any atom is -0.480 e. The lowest BCUT2D eigenvalue weighted by Gasteiger charge is -2.15. The third kappa shape index (κ3) is 5.14. The smallest absolute Gasteiger partial charge is 0.267 e. The minimum absolute atomic E-state index is 0.101. The van der Waals surface area contributed by atoms with Gasteiger partial charge in [0.25, 0.3) is 15.9 Å². The van der Waals surface area contributed by atoms with Crippen LogP contribution >= 0.6 is 0 Å². The van der Waals surface area contributed by atoms with E-state index in [1.54, 1.807) is 57.2 Å². The van der Waals surface area contributed by atoms with Crippen LogP contribution in [0.5, 0.6) is 5.88 Å². The van der Waals surface area contributed by atoms with Crippen molar-refractivity contribution in [3.8, 4) is 17.3 Å². The lowest BCUT2D eigenvalue weighted by molar-refractivity contribution is 0.102. The number of nitrogens with zero attached hydrogens (tertiary/aromatic N) is 3. The fourth-order valence-electron chi connectivity index (χ4n) is 3.43. The number of sulfonamides is 1. The summed E-state index contributed by atoms with van der Waals surface area (Å²) >= 11 is 0. The van der Waals surface area contributed by atoms with Crippen molar-refractivity contribution >= 4 is 27.3 Å². The maximum atomic E-state index is 13.2. The standard InChI is InChI=1S/C24H23N5O5S/c1-14-7-5-8-15(2)21(14)29-35(31,32)20-12-19(13-25-24(20)33-4)27-23(30)18-10-6-9-17(11-18)22-26-16(3)34-28-22/h5-13,29H,1-4H3,(H,27,30). The molecule has 180 valence electrons. The minimum atomic E-state index is -4.08. The van der Waals surface area contributed by atoms with Crippen molar-refractivity contribution < 1.29 is 22.5 Å². The van der Waals surface area contributed by atoms with Crippen LogP contribution in [-0.2, 0) is 10.0 Å². The monoisotopic (exact) mass is 493 g/mol. The molecule has 0 radical (unpaired) electrons. The Hall–Kier alpha value is -4.25. The highest BCUT2D eigenvalue weighted by atomic mass is 32.2. The zero-order valence-electron chi connectivity index (χ0n) is 19.5. The van der Waals surface area contributed by atoms with E-state index >= 15 is 0 Å². The Morgan fingerprint density at radius 3 is 2.40 bits per heavy atom. The van der Waals surface area contributed by atoms with Crippen LogP contribution in [0.4, 0.5) is 11.4 Å². The summed E-state index contributed by atoms with van der Waals surface area (Å²) in [7, 11) is -2.76. The summed E-state index contributed by atoms with van der Waals surface area (Å²) in [5, 5.41) is 6.54. The van der Waals surface area contributed by atoms with Crippen LogP contribution in [0.1, 0.15) is 27.4 Å². The van der Waals surface area contributed by atoms with Crippen molar-refractivity contribution in [2.45, 2.75) is 25.7 Å². The quantitative estimate of drug-likeness (QED) is 0.392. The molecule has 0 aliphatic heterocycles. The van der Waals surface area contributed by atoms with Gasteiger partial charge in [0.15, 0.2) is 4.90 Å². The molecule has 0 fully saturated rings. The molecule has 0 atom stereocenters. The molecule has 0 saturated carbocycles. The van der Waals surface area contributed by atoms with Crippen LogP contribution in [0, 0.1) is 20.8 Å². The van der Waals surface area contributed by atoms with Crippen LogP contribution in [0.3, 0.4) is 0 Å². The van der Waals surface area contributed by atoms with Crippen molar-refractivity contribution in [2.24, 2.45) is 0 Å². The second-order valence-corrected chi connectivity index (χ2v) is 9.43. The Kier molecular flexibility index (Phi) is 6.52. The average Bonchev–Trinajstić information content (AvgIpc) is 3.28. The summed E-state index contributed by atoms with van der Waals surface area (Å²) in [6.45, 7) is 5.28. The predicted octanol–water partition coefficient (Wildman–Crippen LogP) is 4.12. The van der Waals surface area contributed by atoms with E-state index in [0.717, 1.165) is 11.1 Å². The van der Waals surface area contributed by atoms with Crippen LogP contribution in [0.2, 0.25) is 0 Å². The maximum absolute atomic E-state index is 13.2. The van der Waals surface area contributed by atoms with Gasteiger partial charge < -0.3 is 14.6 Å². The molecule has 4 aromatic rings. The van der Waals surface area contributed by atoms with E-state index in [1.165, 1.54) is 19.4 Å². The molecule has 2 aromatic carbocycles. The highest BCUT2D eigenvalue weighted by molar-refractivity contribution is 7.92. The molecule has 4 rings (SSSR count). The normalized spacial score (nSPS) is 11.2. The first-order valence-corrected chi connectivity index (χ1v) is 12.0. The summed E-state index contributed by atoms with van der Waals surface area (Å²) in [6, 6.07) is 13.4. The molecular formula is C24H23N5O5S. The van der Waals surface area contributed by atoms with Crippen molar-refractivity contribution in [3.05, 3.63) is 77.3 Å². The topological polar surface area (TPSA) is 136 Å². The first-order valence-electron chi connectivity index (χ1n) is 10.5. The summed E-state index contributed by atoms with van der Waals surface area (Å²) in [6.07, 6.45) is 1.32. The Morgan fingerprint density at radius 1 is 1.03 bits per heavy atom. The van der Waals surface area contributed by atoms with Gasteiger partial charge in [-0.25, -0.2) is 13.4 Å². The summed E-state index contributed by atoms with van der Waals surface area (Å²) < 4.78 is 39.2. The van der Waals surface area contributed by atoms with E-state index in [9.17, 15) is 13.2 Å². The van der Waals surface area contributed by atoms with Gasteiger partial charge in [0.05, 0.1) is 24.7 Å². The number of rotatable bonds is 7. The van der Waals surface area contributed by atoms with Crippen molar-refractivity contribution in [1.29, 1.82) is 0 Å². The van der Waals surface area contributed by atoms with E-state index in [-0.39, 0.29) is 16.5 Å². The molecule has 0 aliphatic carbocycles. The number of benzene rings is 2. The van der Waals surface area contributed by atoms with Crippen LogP contribution in [0.25, 0.3) is 11.4 Å². The highest BCUT2D eigenvalue weighted by Gasteiger charge is 2.24. The number of ether oxygens (including phenoxy) is 1. The summed E-state index contributed by atoms with van der Waals surface area (Å²) in [5.41, 5.74) is 3.10. The number of amides is 1. The molecule has 2 heterocycles. The van der Waals surface area contributed by atoms with Gasteiger partial charge in [0, 0.05) is 18.1 Å². The van der Waals surface area contributed by atoms with Crippen molar-refractivity contribution in [1.82, 2.24) is 15.1 Å². The second kappa shape index (κ2) is 9.55. The van der Waals surface area contributed by atoms with E-state index in [4.69, 9.17) is 9.26 Å². The van der Waals surface area contributed by atoms with Crippen molar-refractivity contribution in [2.75, 3.05) is 17.1 Å². The van der Waals surface area contributed by atoms with Gasteiger partial charge in [0.2, 0.25) is 17.6 Å². The van der Waals surface area contributed by atoms with Gasteiger partial charge in [-0.15, -0.1) is 0 Å². The Labute approximate surface area is 202 Å². The first-order chi connectivity index (χ1) is 16.7. The van der Waals surface area contributed by atoms with Crippen LogP contribution in [0.15, 0.2) is 64.1 Å². The summed E-state index contributed by atoms with van der Waals surface area (Å²) in [5.74, 6) is 0.193. The van der Waals surface area contributed by atoms with Crippen LogP contribution in [-0.4, -0.2) is 36.6 Å². The van der Waals surface area contributed by atoms with E-state index < -0.39 is 15.9 Å². The predicted molar refractivity (Wildman–Crippen MR) is 130 cm³/mol. The Bertz CT molecular complexity index is 1490. The number of methoxy groups -OCH3 is 1. The summed E-state index contributed by atoms with van der Waals surface area (Å²) in [4.78, 5) is 20.9. The molecule has 2 aromatic heterocycles. The molecule has 0 aliphatic rings. The molecule has 0 unspecified atom stereocenters. The lowest BCUT2D eigenvalue weighted by Crippen LogP contribution is -2.18. The zero-order valence-corrected chi connectivity index (χ0v) is 20.3. The lowest BCUT2D eigenvalue weighted by atomic mass is 10.1. The van der Waals surface area contributed by atoms with E-state index in [2.05, 4.69) is 25.2 Å². The van der Waals surface area contributed by atoms with E-state index in [1.807, 2.05) is 6.07 Å². The number of hydrogen-bond acceptors (Lipinski definition) is 8. The molecule has 0 spiro atoms. The number of hydrogen-bond donors (Lipinski definition) is 2. The van der Waals surface area contributed by atoms with Gasteiger partial charge in [-0.2, -0.15) is 4.98 Å². The zero-order chi connectivity index (χ0) is 25.2.